The van der Waals surface area contributed by atoms with Crippen molar-refractivity contribution in [3.05, 3.63) is 89.5 Å². The van der Waals surface area contributed by atoms with Gasteiger partial charge in [-0.2, -0.15) is 0 Å². The fraction of sp³-hybridized carbons (Fsp3) is 0.222. The van der Waals surface area contributed by atoms with Crippen molar-refractivity contribution in [3.63, 3.8) is 0 Å². The molecule has 0 aliphatic rings. The molecule has 3 aromatic rings. The number of carboxylic acid groups (broad SMARTS) is 1. The molecule has 3 rings (SSSR count). The lowest BCUT2D eigenvalue weighted by Crippen LogP contribution is -2.28. The van der Waals surface area contributed by atoms with Crippen LogP contribution in [0.5, 0.6) is 17.2 Å². The minimum atomic E-state index is -1.06. The number of ether oxygens (including phenoxy) is 3. The summed E-state index contributed by atoms with van der Waals surface area (Å²) in [6, 6.07) is 19.3. The van der Waals surface area contributed by atoms with Crippen molar-refractivity contribution in [1.82, 2.24) is 0 Å². The number of aryl methyl sites for hydroxylation is 1. The Morgan fingerprint density at radius 3 is 2.00 bits per heavy atom. The Kier molecular flexibility index (Phi) is 8.39. The van der Waals surface area contributed by atoms with E-state index in [0.717, 1.165) is 22.3 Å². The molecule has 6 heteroatoms. The van der Waals surface area contributed by atoms with Gasteiger partial charge in [0, 0.05) is 5.02 Å². The molecule has 0 fully saturated rings. The summed E-state index contributed by atoms with van der Waals surface area (Å²) in [7, 11) is 3.02. The molecule has 0 amide bonds. The molecular formula is C27H27ClO5. The van der Waals surface area contributed by atoms with Gasteiger partial charge in [-0.1, -0.05) is 54.1 Å². The van der Waals surface area contributed by atoms with Gasteiger partial charge in [-0.05, 0) is 65.8 Å². The highest BCUT2D eigenvalue weighted by molar-refractivity contribution is 6.30. The van der Waals surface area contributed by atoms with Crippen LogP contribution in [0.25, 0.3) is 11.1 Å². The van der Waals surface area contributed by atoms with Crippen LogP contribution in [0.15, 0.2) is 73.3 Å². The number of aliphatic carboxylic acids is 1. The van der Waals surface area contributed by atoms with Gasteiger partial charge in [0.15, 0.2) is 17.6 Å². The minimum absolute atomic E-state index is 0.276. The zero-order valence-corrected chi connectivity index (χ0v) is 19.5. The first-order valence-electron chi connectivity index (χ1n) is 10.5. The number of carboxylic acids is 1. The molecule has 0 aliphatic heterocycles. The van der Waals surface area contributed by atoms with E-state index in [1.807, 2.05) is 48.5 Å². The predicted molar refractivity (Wildman–Crippen MR) is 131 cm³/mol. The highest BCUT2D eigenvalue weighted by Gasteiger charge is 2.24. The monoisotopic (exact) mass is 466 g/mol. The third kappa shape index (κ3) is 6.30. The second-order valence-electron chi connectivity index (χ2n) is 7.51. The summed E-state index contributed by atoms with van der Waals surface area (Å²) in [5, 5.41) is 10.5. The Morgan fingerprint density at radius 1 is 0.970 bits per heavy atom. The van der Waals surface area contributed by atoms with Crippen LogP contribution in [0.2, 0.25) is 5.02 Å². The highest BCUT2D eigenvalue weighted by atomic mass is 35.5. The number of hydrogen-bond donors (Lipinski definition) is 1. The Labute approximate surface area is 199 Å². The summed E-state index contributed by atoms with van der Waals surface area (Å²) in [6.45, 7) is 3.74. The summed E-state index contributed by atoms with van der Waals surface area (Å²) in [5.74, 6) is 0.0693. The van der Waals surface area contributed by atoms with Crippen molar-refractivity contribution >= 4 is 17.6 Å². The van der Waals surface area contributed by atoms with Crippen molar-refractivity contribution < 1.29 is 24.1 Å². The van der Waals surface area contributed by atoms with Crippen LogP contribution >= 0.6 is 11.6 Å². The Balaban J connectivity index is 1.73. The van der Waals surface area contributed by atoms with Crippen LogP contribution < -0.4 is 14.2 Å². The van der Waals surface area contributed by atoms with Crippen LogP contribution in [0.1, 0.15) is 17.5 Å². The van der Waals surface area contributed by atoms with Crippen molar-refractivity contribution in [2.75, 3.05) is 14.2 Å². The van der Waals surface area contributed by atoms with E-state index in [1.54, 1.807) is 18.2 Å². The fourth-order valence-corrected chi connectivity index (χ4v) is 3.64. The topological polar surface area (TPSA) is 65.0 Å². The van der Waals surface area contributed by atoms with Gasteiger partial charge in [0.25, 0.3) is 0 Å². The van der Waals surface area contributed by atoms with Gasteiger partial charge in [0.05, 0.1) is 14.2 Å². The molecule has 0 aliphatic carbocycles. The molecule has 0 spiro atoms. The lowest BCUT2D eigenvalue weighted by Gasteiger charge is -2.20. The molecule has 1 unspecified atom stereocenters. The average molecular weight is 467 g/mol. The average Bonchev–Trinajstić information content (AvgIpc) is 2.82. The van der Waals surface area contributed by atoms with Gasteiger partial charge in [-0.25, -0.2) is 4.79 Å². The Hall–Kier alpha value is -3.44. The maximum absolute atomic E-state index is 11.9. The summed E-state index contributed by atoms with van der Waals surface area (Å²) < 4.78 is 16.8. The molecule has 33 heavy (non-hydrogen) atoms. The van der Waals surface area contributed by atoms with Crippen molar-refractivity contribution in [3.8, 4) is 28.4 Å². The predicted octanol–water partition coefficient (Wildman–Crippen LogP) is 6.22. The van der Waals surface area contributed by atoms with E-state index in [9.17, 15) is 9.90 Å². The fourth-order valence-electron chi connectivity index (χ4n) is 3.51. The summed E-state index contributed by atoms with van der Waals surface area (Å²) >= 11 is 5.96. The Morgan fingerprint density at radius 2 is 1.52 bits per heavy atom. The van der Waals surface area contributed by atoms with Gasteiger partial charge in [0.2, 0.25) is 5.75 Å². The quantitative estimate of drug-likeness (QED) is 0.340. The minimum Gasteiger partial charge on any atom is -0.493 e. The van der Waals surface area contributed by atoms with Crippen molar-refractivity contribution in [1.29, 1.82) is 0 Å². The third-order valence-electron chi connectivity index (χ3n) is 5.26. The third-order valence-corrected chi connectivity index (χ3v) is 5.51. The van der Waals surface area contributed by atoms with Gasteiger partial charge in [-0.3, -0.25) is 0 Å². The highest BCUT2D eigenvalue weighted by Crippen LogP contribution is 2.40. The summed E-state index contributed by atoms with van der Waals surface area (Å²) in [5.41, 5.74) is 4.08. The molecule has 1 N–H and O–H groups in total. The smallest absolute Gasteiger partial charge is 0.344 e. The summed E-state index contributed by atoms with van der Waals surface area (Å²) in [6.07, 6.45) is 2.16. The van der Waals surface area contributed by atoms with Crippen LogP contribution in [0, 0.1) is 0 Å². The number of halogens is 1. The van der Waals surface area contributed by atoms with Gasteiger partial charge in [0.1, 0.15) is 0 Å². The summed E-state index contributed by atoms with van der Waals surface area (Å²) in [4.78, 5) is 11.9. The maximum atomic E-state index is 11.9. The number of carbonyl (C=O) groups is 1. The molecule has 0 aromatic heterocycles. The van der Waals surface area contributed by atoms with E-state index < -0.39 is 12.1 Å². The lowest BCUT2D eigenvalue weighted by molar-refractivity contribution is -0.145. The first-order valence-corrected chi connectivity index (χ1v) is 10.9. The number of hydrogen-bond acceptors (Lipinski definition) is 4. The SMILES string of the molecule is C=CCc1cc(OC)c(OC(CCc2ccc(-c3ccc(Cl)cc3)cc2)C(=O)O)c(OC)c1. The van der Waals surface area contributed by atoms with Crippen molar-refractivity contribution in [2.24, 2.45) is 0 Å². The lowest BCUT2D eigenvalue weighted by atomic mass is 10.0. The molecule has 0 saturated heterocycles. The second-order valence-corrected chi connectivity index (χ2v) is 7.95. The van der Waals surface area contributed by atoms with Crippen molar-refractivity contribution in [2.45, 2.75) is 25.4 Å². The molecule has 172 valence electrons. The molecule has 5 nitrogen and oxygen atoms in total. The number of benzene rings is 3. The molecular weight excluding hydrogens is 440 g/mol. The molecule has 3 aromatic carbocycles. The number of rotatable bonds is 11. The van der Waals surface area contributed by atoms with Crippen LogP contribution in [0.4, 0.5) is 0 Å². The van der Waals surface area contributed by atoms with E-state index in [-0.39, 0.29) is 12.2 Å². The normalized spacial score (nSPS) is 11.5. The molecule has 1 atom stereocenters. The van der Waals surface area contributed by atoms with E-state index in [2.05, 4.69) is 6.58 Å². The first-order chi connectivity index (χ1) is 15.9. The zero-order chi connectivity index (χ0) is 23.8. The molecule has 0 bridgehead atoms. The Bertz CT molecular complexity index is 1070. The van der Waals surface area contributed by atoms with Crippen LogP contribution in [-0.2, 0) is 17.6 Å². The molecule has 0 radical (unpaired) electrons. The van der Waals surface area contributed by atoms with E-state index in [0.29, 0.717) is 29.4 Å². The zero-order valence-electron chi connectivity index (χ0n) is 18.7. The van der Waals surface area contributed by atoms with E-state index in [1.165, 1.54) is 14.2 Å². The van der Waals surface area contributed by atoms with Crippen LogP contribution in [-0.4, -0.2) is 31.4 Å². The van der Waals surface area contributed by atoms with Gasteiger partial charge in [-0.15, -0.1) is 6.58 Å². The standard InChI is InChI=1S/C27H27ClO5/c1-4-5-19-16-24(31-2)26(25(17-19)32-3)33-23(27(29)30)15-8-18-6-9-20(10-7-18)21-11-13-22(28)14-12-21/h4,6-7,9-14,16-17,23H,1,5,8,15H2,2-3H3,(H,29,30). The molecule has 0 saturated carbocycles. The first kappa shape index (κ1) is 24.2. The largest absolute Gasteiger partial charge is 0.493 e. The maximum Gasteiger partial charge on any atom is 0.344 e. The van der Waals surface area contributed by atoms with Crippen LogP contribution in [0.3, 0.4) is 0 Å². The van der Waals surface area contributed by atoms with E-state index in [4.69, 9.17) is 25.8 Å². The second kappa shape index (κ2) is 11.4. The van der Waals surface area contributed by atoms with Gasteiger partial charge >= 0.3 is 5.97 Å². The number of methoxy groups -OCH3 is 2. The molecule has 0 heterocycles. The number of allylic oxidation sites excluding steroid dienone is 1. The van der Waals surface area contributed by atoms with E-state index >= 15 is 0 Å². The van der Waals surface area contributed by atoms with Gasteiger partial charge < -0.3 is 19.3 Å².